The fraction of sp³-hybridized carbons (Fsp3) is 0.0714. The fourth-order valence-electron chi connectivity index (χ4n) is 2.60. The van der Waals surface area contributed by atoms with E-state index in [-0.39, 0.29) is 17.5 Å². The Morgan fingerprint density at radius 1 is 1.11 bits per heavy atom. The predicted molar refractivity (Wildman–Crippen MR) is 70.0 cm³/mol. The van der Waals surface area contributed by atoms with E-state index >= 15 is 0 Å². The maximum Gasteiger partial charge on any atom is 0.279 e. The number of para-hydroxylation sites is 1. The fourth-order valence-corrected chi connectivity index (χ4v) is 2.60. The lowest BCUT2D eigenvalue weighted by molar-refractivity contribution is 0.0692. The van der Waals surface area contributed by atoms with Gasteiger partial charge in [0.25, 0.3) is 11.8 Å². The van der Waals surface area contributed by atoms with E-state index < -0.39 is 0 Å². The van der Waals surface area contributed by atoms with Gasteiger partial charge in [-0.05, 0) is 6.07 Å². The molecule has 0 bridgehead atoms. The predicted octanol–water partition coefficient (Wildman–Crippen LogP) is 1.94. The van der Waals surface area contributed by atoms with Crippen molar-refractivity contribution < 1.29 is 9.59 Å². The van der Waals surface area contributed by atoms with Crippen LogP contribution in [0.5, 0.6) is 0 Å². The number of hydrogen-bond acceptors (Lipinski definition) is 3. The van der Waals surface area contributed by atoms with E-state index in [0.29, 0.717) is 11.1 Å². The van der Waals surface area contributed by atoms with Gasteiger partial charge in [-0.25, -0.2) is 4.98 Å². The van der Waals surface area contributed by atoms with Crippen molar-refractivity contribution in [2.75, 3.05) is 7.05 Å². The minimum atomic E-state index is -0.347. The van der Waals surface area contributed by atoms with E-state index in [1.165, 1.54) is 7.05 Å². The Bertz CT molecular complexity index is 879. The molecule has 0 radical (unpaired) electrons. The summed E-state index contributed by atoms with van der Waals surface area (Å²) in [6.07, 6.45) is 1.65. The van der Waals surface area contributed by atoms with Gasteiger partial charge in [0.2, 0.25) is 0 Å². The Balaban J connectivity index is 2.21. The molecule has 0 spiro atoms. The Hall–Kier alpha value is -2.69. The average molecular weight is 251 g/mol. The van der Waals surface area contributed by atoms with Gasteiger partial charge in [-0.2, -0.15) is 0 Å². The van der Waals surface area contributed by atoms with Crippen LogP contribution in [0.3, 0.4) is 0 Å². The standard InChI is InChI=1S/C14H9N3O2/c1-17-13(18)10-11-8(6-15-12(10)14(17)19)7-4-2-3-5-9(7)16-11/h2-6,16H,1H3. The first-order valence-corrected chi connectivity index (χ1v) is 5.90. The van der Waals surface area contributed by atoms with E-state index in [4.69, 9.17) is 0 Å². The molecule has 0 unspecified atom stereocenters. The third kappa shape index (κ3) is 1.12. The monoisotopic (exact) mass is 251 g/mol. The number of pyridine rings is 1. The molecule has 5 heteroatoms. The van der Waals surface area contributed by atoms with Crippen molar-refractivity contribution in [2.45, 2.75) is 0 Å². The van der Waals surface area contributed by atoms with Crippen molar-refractivity contribution in [1.29, 1.82) is 0 Å². The van der Waals surface area contributed by atoms with Crippen LogP contribution in [0.25, 0.3) is 21.8 Å². The Morgan fingerprint density at radius 3 is 2.74 bits per heavy atom. The van der Waals surface area contributed by atoms with Crippen LogP contribution in [0.1, 0.15) is 20.8 Å². The molecule has 19 heavy (non-hydrogen) atoms. The zero-order valence-corrected chi connectivity index (χ0v) is 10.1. The third-order valence-electron chi connectivity index (χ3n) is 3.58. The summed E-state index contributed by atoms with van der Waals surface area (Å²) >= 11 is 0. The first-order valence-electron chi connectivity index (χ1n) is 5.90. The van der Waals surface area contributed by atoms with Gasteiger partial charge in [-0.3, -0.25) is 14.5 Å². The minimum Gasteiger partial charge on any atom is -0.354 e. The molecule has 2 aromatic heterocycles. The SMILES string of the molecule is CN1C(=O)c2ncc3c([nH]c4ccccc43)c2C1=O. The molecule has 1 aliphatic rings. The van der Waals surface area contributed by atoms with Gasteiger partial charge in [0, 0.05) is 29.5 Å². The molecule has 3 aromatic rings. The summed E-state index contributed by atoms with van der Waals surface area (Å²) in [5.41, 5.74) is 2.23. The highest BCUT2D eigenvalue weighted by atomic mass is 16.2. The van der Waals surface area contributed by atoms with Crippen LogP contribution in [0.2, 0.25) is 0 Å². The highest BCUT2D eigenvalue weighted by Gasteiger charge is 2.36. The number of H-pyrrole nitrogens is 1. The van der Waals surface area contributed by atoms with Gasteiger partial charge in [0.05, 0.1) is 11.1 Å². The number of nitrogens with zero attached hydrogens (tertiary/aromatic N) is 2. The van der Waals surface area contributed by atoms with Crippen molar-refractivity contribution in [3.05, 3.63) is 41.7 Å². The summed E-state index contributed by atoms with van der Waals surface area (Å²) in [6.45, 7) is 0. The first-order chi connectivity index (χ1) is 9.18. The van der Waals surface area contributed by atoms with E-state index in [0.717, 1.165) is 21.2 Å². The van der Waals surface area contributed by atoms with Crippen LogP contribution in [0.15, 0.2) is 30.5 Å². The summed E-state index contributed by atoms with van der Waals surface area (Å²) in [5, 5.41) is 1.87. The minimum absolute atomic E-state index is 0.228. The zero-order valence-electron chi connectivity index (χ0n) is 10.1. The molecule has 1 N–H and O–H groups in total. The number of benzene rings is 1. The number of fused-ring (bicyclic) bond motifs is 5. The largest absolute Gasteiger partial charge is 0.354 e. The second-order valence-electron chi connectivity index (χ2n) is 4.61. The lowest BCUT2D eigenvalue weighted by Gasteiger charge is -2.02. The van der Waals surface area contributed by atoms with Crippen LogP contribution >= 0.6 is 0 Å². The van der Waals surface area contributed by atoms with Crippen molar-refractivity contribution in [3.8, 4) is 0 Å². The molecule has 92 valence electrons. The summed E-state index contributed by atoms with van der Waals surface area (Å²) in [4.78, 5) is 32.5. The van der Waals surface area contributed by atoms with Crippen LogP contribution in [0.4, 0.5) is 0 Å². The van der Waals surface area contributed by atoms with Gasteiger partial charge < -0.3 is 4.98 Å². The van der Waals surface area contributed by atoms with E-state index in [1.54, 1.807) is 6.20 Å². The van der Waals surface area contributed by atoms with Gasteiger partial charge in [0.1, 0.15) is 5.69 Å². The summed E-state index contributed by atoms with van der Waals surface area (Å²) < 4.78 is 0. The van der Waals surface area contributed by atoms with Gasteiger partial charge in [-0.1, -0.05) is 18.2 Å². The Labute approximate surface area is 107 Å². The van der Waals surface area contributed by atoms with Crippen molar-refractivity contribution in [3.63, 3.8) is 0 Å². The average Bonchev–Trinajstić information content (AvgIpc) is 2.91. The van der Waals surface area contributed by atoms with E-state index in [1.807, 2.05) is 24.3 Å². The number of aromatic nitrogens is 2. The number of hydrogen-bond donors (Lipinski definition) is 1. The number of carbonyl (C=O) groups is 2. The lowest BCUT2D eigenvalue weighted by Crippen LogP contribution is -2.24. The second-order valence-corrected chi connectivity index (χ2v) is 4.61. The number of imide groups is 1. The van der Waals surface area contributed by atoms with Crippen LogP contribution in [-0.2, 0) is 0 Å². The molecule has 0 aliphatic carbocycles. The number of amides is 2. The molecule has 1 aliphatic heterocycles. The Kier molecular flexibility index (Phi) is 1.73. The molecule has 5 nitrogen and oxygen atoms in total. The molecule has 0 saturated heterocycles. The van der Waals surface area contributed by atoms with Gasteiger partial charge >= 0.3 is 0 Å². The maximum atomic E-state index is 12.1. The molecule has 3 heterocycles. The number of rotatable bonds is 0. The lowest BCUT2D eigenvalue weighted by atomic mass is 10.1. The van der Waals surface area contributed by atoms with Gasteiger partial charge in [-0.15, -0.1) is 0 Å². The summed E-state index contributed by atoms with van der Waals surface area (Å²) in [7, 11) is 1.47. The highest BCUT2D eigenvalue weighted by Crippen LogP contribution is 2.31. The topological polar surface area (TPSA) is 66.1 Å². The van der Waals surface area contributed by atoms with E-state index in [9.17, 15) is 9.59 Å². The maximum absolute atomic E-state index is 12.1. The smallest absolute Gasteiger partial charge is 0.279 e. The molecular weight excluding hydrogens is 242 g/mol. The second kappa shape index (κ2) is 3.20. The number of aromatic amines is 1. The third-order valence-corrected chi connectivity index (χ3v) is 3.58. The highest BCUT2D eigenvalue weighted by molar-refractivity contribution is 6.26. The van der Waals surface area contributed by atoms with Crippen LogP contribution < -0.4 is 0 Å². The molecule has 0 atom stereocenters. The number of nitrogens with one attached hydrogen (secondary N) is 1. The first kappa shape index (κ1) is 10.3. The molecule has 0 fully saturated rings. The van der Waals surface area contributed by atoms with E-state index in [2.05, 4.69) is 9.97 Å². The molecular formula is C14H9N3O2. The van der Waals surface area contributed by atoms with Crippen molar-refractivity contribution in [2.24, 2.45) is 0 Å². The molecule has 4 rings (SSSR count). The van der Waals surface area contributed by atoms with Crippen molar-refractivity contribution >= 4 is 33.6 Å². The number of carbonyl (C=O) groups excluding carboxylic acids is 2. The zero-order chi connectivity index (χ0) is 13.1. The summed E-state index contributed by atoms with van der Waals surface area (Å²) in [5.74, 6) is -0.648. The quantitative estimate of drug-likeness (QED) is 0.621. The van der Waals surface area contributed by atoms with Gasteiger partial charge in [0.15, 0.2) is 0 Å². The Morgan fingerprint density at radius 2 is 1.89 bits per heavy atom. The van der Waals surface area contributed by atoms with Crippen molar-refractivity contribution in [1.82, 2.24) is 14.9 Å². The molecule has 1 aromatic carbocycles. The molecule has 0 saturated carbocycles. The summed E-state index contributed by atoms with van der Waals surface area (Å²) in [6, 6.07) is 7.76. The van der Waals surface area contributed by atoms with Crippen LogP contribution in [0, 0.1) is 0 Å². The molecule has 2 amide bonds. The van der Waals surface area contributed by atoms with Crippen LogP contribution in [-0.4, -0.2) is 33.7 Å². The normalized spacial score (nSPS) is 14.7.